The number of sulfone groups is 1. The van der Waals surface area contributed by atoms with E-state index in [1.54, 1.807) is 13.8 Å². The summed E-state index contributed by atoms with van der Waals surface area (Å²) in [6.07, 6.45) is 0.832. The molecule has 0 saturated heterocycles. The molecule has 5 nitrogen and oxygen atoms in total. The molecule has 0 atom stereocenters. The molecule has 0 aromatic heterocycles. The van der Waals surface area contributed by atoms with Crippen molar-refractivity contribution in [2.24, 2.45) is 0 Å². The molecular weight excluding hydrogens is 290 g/mol. The Balaban J connectivity index is 1.74. The second-order valence-corrected chi connectivity index (χ2v) is 8.07. The smallest absolute Gasteiger partial charge is 0.161 e. The fraction of sp³-hybridized carbons (Fsp3) is 0.600. The first-order valence-electron chi connectivity index (χ1n) is 7.30. The Bertz CT molecular complexity index is 569. The second kappa shape index (κ2) is 7.13. The molecule has 1 aliphatic heterocycles. The number of hydrogen-bond donors (Lipinski definition) is 1. The van der Waals surface area contributed by atoms with Crippen LogP contribution in [0.4, 0.5) is 0 Å². The van der Waals surface area contributed by atoms with E-state index in [1.807, 2.05) is 18.2 Å². The van der Waals surface area contributed by atoms with Crippen LogP contribution in [0.1, 0.15) is 19.4 Å². The lowest BCUT2D eigenvalue weighted by Gasteiger charge is -2.18. The lowest BCUT2D eigenvalue weighted by Crippen LogP contribution is -2.28. The Labute approximate surface area is 126 Å². The maximum Gasteiger partial charge on any atom is 0.161 e. The van der Waals surface area contributed by atoms with Crippen molar-refractivity contribution in [3.8, 4) is 11.5 Å². The fourth-order valence-corrected chi connectivity index (χ4v) is 2.95. The Morgan fingerprint density at radius 2 is 1.86 bits per heavy atom. The molecule has 0 saturated carbocycles. The van der Waals surface area contributed by atoms with Crippen LogP contribution in [0.2, 0.25) is 0 Å². The maximum atomic E-state index is 11.7. The van der Waals surface area contributed by atoms with Crippen molar-refractivity contribution in [2.45, 2.75) is 25.5 Å². The second-order valence-electron chi connectivity index (χ2n) is 5.39. The van der Waals surface area contributed by atoms with E-state index in [1.165, 1.54) is 0 Å². The summed E-state index contributed by atoms with van der Waals surface area (Å²) in [4.78, 5) is 0. The highest BCUT2D eigenvalue weighted by molar-refractivity contribution is 7.92. The molecule has 0 aliphatic carbocycles. The molecule has 1 heterocycles. The summed E-state index contributed by atoms with van der Waals surface area (Å²) in [6.45, 7) is 5.84. The number of rotatable bonds is 7. The summed E-state index contributed by atoms with van der Waals surface area (Å²) >= 11 is 0. The van der Waals surface area contributed by atoms with Crippen molar-refractivity contribution < 1.29 is 17.9 Å². The van der Waals surface area contributed by atoms with Crippen LogP contribution in [0.3, 0.4) is 0 Å². The van der Waals surface area contributed by atoms with Crippen LogP contribution in [0.25, 0.3) is 0 Å². The van der Waals surface area contributed by atoms with Crippen LogP contribution in [-0.2, 0) is 16.3 Å². The first kappa shape index (κ1) is 16.1. The molecule has 0 radical (unpaired) electrons. The molecule has 0 bridgehead atoms. The topological polar surface area (TPSA) is 64.6 Å². The average molecular weight is 313 g/mol. The zero-order valence-corrected chi connectivity index (χ0v) is 13.4. The monoisotopic (exact) mass is 313 g/mol. The van der Waals surface area contributed by atoms with E-state index in [0.717, 1.165) is 30.0 Å². The predicted molar refractivity (Wildman–Crippen MR) is 82.9 cm³/mol. The van der Waals surface area contributed by atoms with E-state index in [2.05, 4.69) is 5.32 Å². The normalized spacial score (nSPS) is 14.4. The minimum atomic E-state index is -2.95. The molecule has 0 spiro atoms. The average Bonchev–Trinajstić information content (AvgIpc) is 2.46. The highest BCUT2D eigenvalue weighted by Gasteiger charge is 2.15. The third kappa shape index (κ3) is 4.61. The van der Waals surface area contributed by atoms with Crippen LogP contribution in [0, 0.1) is 0 Å². The van der Waals surface area contributed by atoms with Crippen molar-refractivity contribution in [3.05, 3.63) is 23.8 Å². The Kier molecular flexibility index (Phi) is 5.47. The van der Waals surface area contributed by atoms with Gasteiger partial charge in [-0.2, -0.15) is 0 Å². The number of benzene rings is 1. The van der Waals surface area contributed by atoms with E-state index >= 15 is 0 Å². The van der Waals surface area contributed by atoms with Gasteiger partial charge in [-0.3, -0.25) is 0 Å². The van der Waals surface area contributed by atoms with Crippen molar-refractivity contribution in [1.82, 2.24) is 5.32 Å². The van der Waals surface area contributed by atoms with E-state index in [4.69, 9.17) is 9.47 Å². The summed E-state index contributed by atoms with van der Waals surface area (Å²) in [5.41, 5.74) is 1.15. The largest absolute Gasteiger partial charge is 0.486 e. The van der Waals surface area contributed by atoms with Crippen molar-refractivity contribution in [2.75, 3.05) is 32.1 Å². The van der Waals surface area contributed by atoms with Gasteiger partial charge in [-0.1, -0.05) is 6.07 Å². The minimum absolute atomic E-state index is 0.186. The Hall–Kier alpha value is -1.27. The van der Waals surface area contributed by atoms with Crippen LogP contribution in [0.5, 0.6) is 11.5 Å². The third-order valence-electron chi connectivity index (χ3n) is 3.48. The van der Waals surface area contributed by atoms with Crippen LogP contribution in [0.15, 0.2) is 18.2 Å². The first-order chi connectivity index (χ1) is 9.99. The summed E-state index contributed by atoms with van der Waals surface area (Å²) in [5, 5.41) is 2.87. The molecule has 0 unspecified atom stereocenters. The summed E-state index contributed by atoms with van der Waals surface area (Å²) < 4.78 is 34.3. The fourth-order valence-electron chi connectivity index (χ4n) is 2.05. The van der Waals surface area contributed by atoms with E-state index < -0.39 is 9.84 Å². The number of fused-ring (bicyclic) bond motifs is 1. The van der Waals surface area contributed by atoms with Gasteiger partial charge in [0.2, 0.25) is 0 Å². The van der Waals surface area contributed by atoms with Gasteiger partial charge < -0.3 is 14.8 Å². The van der Waals surface area contributed by atoms with Gasteiger partial charge in [-0.15, -0.1) is 0 Å². The Morgan fingerprint density at radius 3 is 2.57 bits per heavy atom. The van der Waals surface area contributed by atoms with Crippen LogP contribution < -0.4 is 14.8 Å². The van der Waals surface area contributed by atoms with Crippen LogP contribution in [-0.4, -0.2) is 45.7 Å². The van der Waals surface area contributed by atoms with Crippen molar-refractivity contribution in [1.29, 1.82) is 0 Å². The molecule has 0 fully saturated rings. The molecule has 1 aliphatic rings. The molecule has 1 N–H and O–H groups in total. The van der Waals surface area contributed by atoms with E-state index in [0.29, 0.717) is 19.8 Å². The SMILES string of the molecule is CC(C)S(=O)(=O)CCNCCc1ccc2c(c1)OCCO2. The summed E-state index contributed by atoms with van der Waals surface area (Å²) in [6, 6.07) is 5.92. The minimum Gasteiger partial charge on any atom is -0.486 e. The van der Waals surface area contributed by atoms with Gasteiger partial charge in [0.15, 0.2) is 21.3 Å². The molecule has 6 heteroatoms. The summed E-state index contributed by atoms with van der Waals surface area (Å²) in [5.74, 6) is 1.77. The quantitative estimate of drug-likeness (QED) is 0.771. The molecule has 1 aromatic carbocycles. The number of nitrogens with one attached hydrogen (secondary N) is 1. The lowest BCUT2D eigenvalue weighted by molar-refractivity contribution is 0.171. The third-order valence-corrected chi connectivity index (χ3v) is 5.69. The first-order valence-corrected chi connectivity index (χ1v) is 9.01. The zero-order valence-electron chi connectivity index (χ0n) is 12.6. The van der Waals surface area contributed by atoms with E-state index in [9.17, 15) is 8.42 Å². The standard InChI is InChI=1S/C15H23NO4S/c1-12(2)21(17,18)10-7-16-6-5-13-3-4-14-15(11-13)20-9-8-19-14/h3-4,11-12,16H,5-10H2,1-2H3. The molecule has 21 heavy (non-hydrogen) atoms. The van der Waals surface area contributed by atoms with Gasteiger partial charge in [0.1, 0.15) is 13.2 Å². The Morgan fingerprint density at radius 1 is 1.14 bits per heavy atom. The number of ether oxygens (including phenoxy) is 2. The van der Waals surface area contributed by atoms with Crippen molar-refractivity contribution >= 4 is 9.84 Å². The van der Waals surface area contributed by atoms with Gasteiger partial charge in [-0.25, -0.2) is 8.42 Å². The molecule has 0 amide bonds. The molecule has 118 valence electrons. The van der Waals surface area contributed by atoms with Gasteiger partial charge in [0.05, 0.1) is 11.0 Å². The summed E-state index contributed by atoms with van der Waals surface area (Å²) in [7, 11) is -2.95. The predicted octanol–water partition coefficient (Wildman–Crippen LogP) is 1.41. The van der Waals surface area contributed by atoms with Gasteiger partial charge >= 0.3 is 0 Å². The maximum absolute atomic E-state index is 11.7. The van der Waals surface area contributed by atoms with E-state index in [-0.39, 0.29) is 11.0 Å². The highest BCUT2D eigenvalue weighted by atomic mass is 32.2. The molecule has 1 aromatic rings. The zero-order chi connectivity index (χ0) is 15.3. The lowest BCUT2D eigenvalue weighted by atomic mass is 10.1. The number of hydrogen-bond acceptors (Lipinski definition) is 5. The molecular formula is C15H23NO4S. The van der Waals surface area contributed by atoms with Crippen LogP contribution >= 0.6 is 0 Å². The van der Waals surface area contributed by atoms with Gasteiger partial charge in [0, 0.05) is 6.54 Å². The van der Waals surface area contributed by atoms with Crippen molar-refractivity contribution in [3.63, 3.8) is 0 Å². The van der Waals surface area contributed by atoms with Gasteiger partial charge in [0.25, 0.3) is 0 Å². The molecule has 2 rings (SSSR count). The highest BCUT2D eigenvalue weighted by Crippen LogP contribution is 2.30. The van der Waals surface area contributed by atoms with Gasteiger partial charge in [-0.05, 0) is 44.5 Å².